The van der Waals surface area contributed by atoms with Gasteiger partial charge in [-0.25, -0.2) is 4.79 Å². The van der Waals surface area contributed by atoms with Crippen molar-refractivity contribution in [3.05, 3.63) is 31.6 Å². The molecule has 1 aliphatic heterocycles. The van der Waals surface area contributed by atoms with E-state index in [-0.39, 0.29) is 16.8 Å². The van der Waals surface area contributed by atoms with Gasteiger partial charge in [-0.1, -0.05) is 11.6 Å². The van der Waals surface area contributed by atoms with Crippen LogP contribution in [0.2, 0.25) is 5.15 Å². The van der Waals surface area contributed by atoms with E-state index in [1.807, 2.05) is 0 Å². The second-order valence-electron chi connectivity index (χ2n) is 4.27. The van der Waals surface area contributed by atoms with Crippen molar-refractivity contribution < 1.29 is 4.74 Å². The highest BCUT2D eigenvalue weighted by atomic mass is 35.5. The molecule has 6 heteroatoms. The summed E-state index contributed by atoms with van der Waals surface area (Å²) < 4.78 is 6.68. The van der Waals surface area contributed by atoms with Crippen LogP contribution in [0.25, 0.3) is 0 Å². The van der Waals surface area contributed by atoms with Gasteiger partial charge in [0.15, 0.2) is 0 Å². The van der Waals surface area contributed by atoms with E-state index in [9.17, 15) is 9.59 Å². The average molecular weight is 259 g/mol. The van der Waals surface area contributed by atoms with Crippen LogP contribution in [0.1, 0.15) is 24.8 Å². The fourth-order valence-electron chi connectivity index (χ4n) is 1.96. The lowest BCUT2D eigenvalue weighted by Crippen LogP contribution is -2.41. The Hall–Kier alpha value is -1.07. The van der Waals surface area contributed by atoms with Gasteiger partial charge in [0, 0.05) is 12.2 Å². The van der Waals surface area contributed by atoms with Crippen molar-refractivity contribution >= 4 is 11.6 Å². The highest BCUT2D eigenvalue weighted by Gasteiger charge is 2.17. The molecule has 0 aliphatic carbocycles. The van der Waals surface area contributed by atoms with Crippen molar-refractivity contribution in [2.45, 2.75) is 38.8 Å². The molecule has 94 valence electrons. The summed E-state index contributed by atoms with van der Waals surface area (Å²) in [4.78, 5) is 26.0. The van der Waals surface area contributed by atoms with Gasteiger partial charge in [-0.2, -0.15) is 0 Å². The van der Waals surface area contributed by atoms with Crippen LogP contribution >= 0.6 is 11.6 Å². The molecule has 1 atom stereocenters. The van der Waals surface area contributed by atoms with Crippen molar-refractivity contribution in [3.63, 3.8) is 0 Å². The number of hydrogen-bond donors (Lipinski definition) is 1. The standard InChI is InChI=1S/C11H15ClN2O3/c1-7-9(12)13-11(16)14(10(7)15)6-8-4-2-3-5-17-8/h8H,2-6H2,1H3,(H,13,16). The number of nitrogens with one attached hydrogen (secondary N) is 1. The topological polar surface area (TPSA) is 64.1 Å². The van der Waals surface area contributed by atoms with Crippen LogP contribution in [-0.4, -0.2) is 22.3 Å². The summed E-state index contributed by atoms with van der Waals surface area (Å²) in [5.74, 6) is 0. The van der Waals surface area contributed by atoms with E-state index in [0.29, 0.717) is 18.7 Å². The lowest BCUT2D eigenvalue weighted by atomic mass is 10.1. The van der Waals surface area contributed by atoms with E-state index in [2.05, 4.69) is 4.98 Å². The van der Waals surface area contributed by atoms with Crippen LogP contribution in [0.4, 0.5) is 0 Å². The highest BCUT2D eigenvalue weighted by Crippen LogP contribution is 2.13. The smallest absolute Gasteiger partial charge is 0.329 e. The second kappa shape index (κ2) is 5.06. The molecule has 2 heterocycles. The van der Waals surface area contributed by atoms with Crippen LogP contribution in [-0.2, 0) is 11.3 Å². The van der Waals surface area contributed by atoms with Gasteiger partial charge in [-0.15, -0.1) is 0 Å². The molecule has 5 nitrogen and oxygen atoms in total. The first kappa shape index (κ1) is 12.4. The van der Waals surface area contributed by atoms with E-state index >= 15 is 0 Å². The first-order valence-corrected chi connectivity index (χ1v) is 6.08. The molecular formula is C11H15ClN2O3. The molecule has 1 unspecified atom stereocenters. The van der Waals surface area contributed by atoms with Gasteiger partial charge < -0.3 is 4.74 Å². The molecule has 0 spiro atoms. The number of aromatic nitrogens is 2. The van der Waals surface area contributed by atoms with Crippen molar-refractivity contribution in [1.29, 1.82) is 0 Å². The first-order chi connectivity index (χ1) is 8.09. The molecule has 0 amide bonds. The second-order valence-corrected chi connectivity index (χ2v) is 4.65. The number of H-pyrrole nitrogens is 1. The normalized spacial score (nSPS) is 20.5. The van der Waals surface area contributed by atoms with Gasteiger partial charge in [-0.3, -0.25) is 14.3 Å². The van der Waals surface area contributed by atoms with Gasteiger partial charge in [0.25, 0.3) is 5.56 Å². The molecule has 0 bridgehead atoms. The Kier molecular flexibility index (Phi) is 3.69. The van der Waals surface area contributed by atoms with Gasteiger partial charge in [0.2, 0.25) is 0 Å². The van der Waals surface area contributed by atoms with Crippen molar-refractivity contribution in [2.75, 3.05) is 6.61 Å². The SMILES string of the molecule is Cc1c(Cl)[nH]c(=O)n(CC2CCCCO2)c1=O. The summed E-state index contributed by atoms with van der Waals surface area (Å²) in [5, 5.41) is 0.112. The zero-order valence-corrected chi connectivity index (χ0v) is 10.4. The van der Waals surface area contributed by atoms with Crippen LogP contribution in [0.15, 0.2) is 9.59 Å². The quantitative estimate of drug-likeness (QED) is 0.807. The Bertz CT molecular complexity index is 514. The summed E-state index contributed by atoms with van der Waals surface area (Å²) in [6.45, 7) is 2.59. The molecule has 0 radical (unpaired) electrons. The largest absolute Gasteiger partial charge is 0.376 e. The molecule has 0 aromatic carbocycles. The van der Waals surface area contributed by atoms with E-state index in [0.717, 1.165) is 23.8 Å². The lowest BCUT2D eigenvalue weighted by Gasteiger charge is -2.22. The summed E-state index contributed by atoms with van der Waals surface area (Å²) in [6.07, 6.45) is 2.95. The maximum absolute atomic E-state index is 11.9. The Balaban J connectivity index is 2.29. The van der Waals surface area contributed by atoms with E-state index in [1.165, 1.54) is 0 Å². The fraction of sp³-hybridized carbons (Fsp3) is 0.636. The molecule has 1 aliphatic rings. The predicted octanol–water partition coefficient (Wildman–Crippen LogP) is 1.07. The molecule has 1 N–H and O–H groups in total. The predicted molar refractivity (Wildman–Crippen MR) is 64.7 cm³/mol. The third-order valence-corrected chi connectivity index (χ3v) is 3.40. The Labute approximate surface area is 103 Å². The Morgan fingerprint density at radius 3 is 2.88 bits per heavy atom. The summed E-state index contributed by atoms with van der Waals surface area (Å²) >= 11 is 5.73. The number of aromatic amines is 1. The number of nitrogens with zero attached hydrogens (tertiary/aromatic N) is 1. The minimum absolute atomic E-state index is 0.0527. The number of hydrogen-bond acceptors (Lipinski definition) is 3. The van der Waals surface area contributed by atoms with E-state index in [4.69, 9.17) is 16.3 Å². The maximum atomic E-state index is 11.9. The van der Waals surface area contributed by atoms with Crippen molar-refractivity contribution in [3.8, 4) is 0 Å². The maximum Gasteiger partial charge on any atom is 0.329 e. The zero-order valence-electron chi connectivity index (χ0n) is 9.66. The molecular weight excluding hydrogens is 244 g/mol. The number of rotatable bonds is 2. The average Bonchev–Trinajstić information content (AvgIpc) is 2.33. The molecule has 1 fully saturated rings. The van der Waals surface area contributed by atoms with Gasteiger partial charge >= 0.3 is 5.69 Å². The summed E-state index contributed by atoms with van der Waals surface area (Å²) in [6, 6.07) is 0. The summed E-state index contributed by atoms with van der Waals surface area (Å²) in [7, 11) is 0. The molecule has 1 saturated heterocycles. The van der Waals surface area contributed by atoms with Crippen LogP contribution < -0.4 is 11.2 Å². The lowest BCUT2D eigenvalue weighted by molar-refractivity contribution is 0.00466. The van der Waals surface area contributed by atoms with Gasteiger partial charge in [0.1, 0.15) is 5.15 Å². The number of ether oxygens (including phenoxy) is 1. The van der Waals surface area contributed by atoms with E-state index < -0.39 is 5.69 Å². The third kappa shape index (κ3) is 2.61. The third-order valence-electron chi connectivity index (χ3n) is 3.02. The Morgan fingerprint density at radius 2 is 2.24 bits per heavy atom. The molecule has 2 rings (SSSR count). The molecule has 1 aromatic heterocycles. The van der Waals surface area contributed by atoms with Crippen LogP contribution in [0.3, 0.4) is 0 Å². The highest BCUT2D eigenvalue weighted by molar-refractivity contribution is 6.30. The number of halogens is 1. The fourth-order valence-corrected chi connectivity index (χ4v) is 2.13. The van der Waals surface area contributed by atoms with Crippen LogP contribution in [0.5, 0.6) is 0 Å². The van der Waals surface area contributed by atoms with Crippen molar-refractivity contribution in [2.24, 2.45) is 0 Å². The molecule has 17 heavy (non-hydrogen) atoms. The Morgan fingerprint density at radius 1 is 1.47 bits per heavy atom. The molecule has 0 saturated carbocycles. The van der Waals surface area contributed by atoms with Gasteiger partial charge in [0.05, 0.1) is 12.6 Å². The van der Waals surface area contributed by atoms with Crippen LogP contribution in [0, 0.1) is 6.92 Å². The van der Waals surface area contributed by atoms with Crippen molar-refractivity contribution in [1.82, 2.24) is 9.55 Å². The van der Waals surface area contributed by atoms with Gasteiger partial charge in [-0.05, 0) is 26.2 Å². The first-order valence-electron chi connectivity index (χ1n) is 5.70. The zero-order chi connectivity index (χ0) is 12.4. The minimum atomic E-state index is -0.472. The minimum Gasteiger partial charge on any atom is -0.376 e. The monoisotopic (exact) mass is 258 g/mol. The van der Waals surface area contributed by atoms with E-state index in [1.54, 1.807) is 6.92 Å². The summed E-state index contributed by atoms with van der Waals surface area (Å²) in [5.41, 5.74) is -0.449. The molecule has 1 aromatic rings.